The summed E-state index contributed by atoms with van der Waals surface area (Å²) in [6.07, 6.45) is 1.76. The fraction of sp³-hybridized carbons (Fsp3) is 0.0357. The molecule has 0 aromatic heterocycles. The van der Waals surface area contributed by atoms with E-state index in [0.717, 1.165) is 43.8 Å². The van der Waals surface area contributed by atoms with Gasteiger partial charge in [0, 0.05) is 22.9 Å². The molecule has 5 aromatic rings. The van der Waals surface area contributed by atoms with Gasteiger partial charge < -0.3 is 5.11 Å². The minimum absolute atomic E-state index is 0.260. The quantitative estimate of drug-likeness (QED) is 0.262. The number of aliphatic imine (C=N–C) groups is 1. The summed E-state index contributed by atoms with van der Waals surface area (Å²) in [4.78, 5) is 4.55. The summed E-state index contributed by atoms with van der Waals surface area (Å²) in [6, 6.07) is 34.9. The maximum Gasteiger partial charge on any atom is 0.132 e. The Bertz CT molecular complexity index is 1320. The Labute approximate surface area is 175 Å². The van der Waals surface area contributed by atoms with Crippen molar-refractivity contribution in [2.75, 3.05) is 0 Å². The smallest absolute Gasteiger partial charge is 0.132 e. The van der Waals surface area contributed by atoms with Crippen LogP contribution in [-0.2, 0) is 6.54 Å². The van der Waals surface area contributed by atoms with E-state index in [0.29, 0.717) is 6.54 Å². The molecule has 0 amide bonds. The van der Waals surface area contributed by atoms with Crippen molar-refractivity contribution in [3.05, 3.63) is 114 Å². The minimum Gasteiger partial charge on any atom is -0.507 e. The van der Waals surface area contributed by atoms with Crippen molar-refractivity contribution in [3.63, 3.8) is 0 Å². The average Bonchev–Trinajstić information content (AvgIpc) is 2.80. The highest BCUT2D eigenvalue weighted by Gasteiger charge is 2.14. The number of para-hydroxylation sites is 1. The lowest BCUT2D eigenvalue weighted by molar-refractivity contribution is 0.476. The monoisotopic (exact) mass is 387 g/mol. The normalized spacial score (nSPS) is 11.5. The Balaban J connectivity index is 1.64. The lowest BCUT2D eigenvalue weighted by Crippen LogP contribution is -1.90. The first kappa shape index (κ1) is 18.1. The molecule has 0 aliphatic rings. The van der Waals surface area contributed by atoms with Gasteiger partial charge in [-0.1, -0.05) is 91.0 Å². The number of hydrogen-bond donors (Lipinski definition) is 1. The summed E-state index contributed by atoms with van der Waals surface area (Å²) in [5, 5.41) is 15.7. The zero-order valence-corrected chi connectivity index (χ0v) is 16.5. The van der Waals surface area contributed by atoms with Crippen molar-refractivity contribution in [3.8, 4) is 16.9 Å². The molecule has 0 bridgehead atoms. The van der Waals surface area contributed by atoms with E-state index in [-0.39, 0.29) is 5.75 Å². The summed E-state index contributed by atoms with van der Waals surface area (Å²) in [7, 11) is 0. The van der Waals surface area contributed by atoms with E-state index < -0.39 is 0 Å². The predicted molar refractivity (Wildman–Crippen MR) is 126 cm³/mol. The van der Waals surface area contributed by atoms with Crippen molar-refractivity contribution in [1.29, 1.82) is 0 Å². The number of hydrogen-bond acceptors (Lipinski definition) is 2. The Morgan fingerprint density at radius 3 is 2.00 bits per heavy atom. The van der Waals surface area contributed by atoms with Crippen LogP contribution in [0, 0.1) is 0 Å². The van der Waals surface area contributed by atoms with Crippen LogP contribution in [0.1, 0.15) is 11.1 Å². The minimum atomic E-state index is 0.260. The van der Waals surface area contributed by atoms with Crippen molar-refractivity contribution in [2.24, 2.45) is 4.99 Å². The average molecular weight is 387 g/mol. The van der Waals surface area contributed by atoms with Crippen LogP contribution in [0.25, 0.3) is 32.7 Å². The number of benzene rings is 5. The van der Waals surface area contributed by atoms with E-state index in [1.807, 2.05) is 60.7 Å². The van der Waals surface area contributed by atoms with Crippen molar-refractivity contribution in [1.82, 2.24) is 0 Å². The molecule has 2 nitrogen and oxygen atoms in total. The van der Waals surface area contributed by atoms with Crippen LogP contribution in [0.3, 0.4) is 0 Å². The number of phenols is 1. The highest BCUT2D eigenvalue weighted by Crippen LogP contribution is 2.41. The fourth-order valence-electron chi connectivity index (χ4n) is 4.00. The lowest BCUT2D eigenvalue weighted by atomic mass is 9.91. The molecule has 0 fully saturated rings. The van der Waals surface area contributed by atoms with Gasteiger partial charge in [0.2, 0.25) is 0 Å². The second kappa shape index (κ2) is 7.84. The zero-order valence-electron chi connectivity index (χ0n) is 16.5. The van der Waals surface area contributed by atoms with Gasteiger partial charge in [-0.15, -0.1) is 0 Å². The molecule has 5 aromatic carbocycles. The number of phenolic OH excluding ortho intramolecular Hbond substituents is 1. The Morgan fingerprint density at radius 1 is 0.667 bits per heavy atom. The van der Waals surface area contributed by atoms with Crippen molar-refractivity contribution in [2.45, 2.75) is 6.54 Å². The molecule has 30 heavy (non-hydrogen) atoms. The molecule has 1 N–H and O–H groups in total. The van der Waals surface area contributed by atoms with E-state index in [1.54, 1.807) is 6.21 Å². The number of aromatic hydroxyl groups is 1. The van der Waals surface area contributed by atoms with Gasteiger partial charge >= 0.3 is 0 Å². The van der Waals surface area contributed by atoms with Crippen LogP contribution in [0.15, 0.2) is 108 Å². The zero-order chi connectivity index (χ0) is 20.3. The first-order chi connectivity index (χ1) is 14.8. The SMILES string of the molecule is Oc1c(C=NCc2ccccc2)cccc1-c1c2ccccc2cc2ccccc12. The first-order valence-electron chi connectivity index (χ1n) is 10.1. The molecule has 0 atom stereocenters. The van der Waals surface area contributed by atoms with Crippen LogP contribution in [0.2, 0.25) is 0 Å². The van der Waals surface area contributed by atoms with E-state index in [9.17, 15) is 5.11 Å². The fourth-order valence-corrected chi connectivity index (χ4v) is 4.00. The molecule has 144 valence electrons. The van der Waals surface area contributed by atoms with E-state index in [4.69, 9.17) is 0 Å². The van der Waals surface area contributed by atoms with Crippen LogP contribution < -0.4 is 0 Å². The molecule has 0 unspecified atom stereocenters. The third-order valence-corrected chi connectivity index (χ3v) is 5.45. The van der Waals surface area contributed by atoms with Gasteiger partial charge in [-0.05, 0) is 39.2 Å². The summed E-state index contributed by atoms with van der Waals surface area (Å²) < 4.78 is 0. The van der Waals surface area contributed by atoms with Gasteiger partial charge in [-0.3, -0.25) is 4.99 Å². The first-order valence-corrected chi connectivity index (χ1v) is 10.1. The summed E-state index contributed by atoms with van der Waals surface area (Å²) in [5.74, 6) is 0.260. The number of nitrogens with zero attached hydrogens (tertiary/aromatic N) is 1. The van der Waals surface area contributed by atoms with Crippen LogP contribution in [-0.4, -0.2) is 11.3 Å². The van der Waals surface area contributed by atoms with Gasteiger partial charge in [0.25, 0.3) is 0 Å². The van der Waals surface area contributed by atoms with Gasteiger partial charge in [-0.25, -0.2) is 0 Å². The highest BCUT2D eigenvalue weighted by molar-refractivity contribution is 6.14. The summed E-state index contributed by atoms with van der Waals surface area (Å²) in [6.45, 7) is 0.585. The molecule has 0 saturated carbocycles. The molecule has 2 heteroatoms. The summed E-state index contributed by atoms with van der Waals surface area (Å²) in [5.41, 5.74) is 3.75. The van der Waals surface area contributed by atoms with Gasteiger partial charge in [-0.2, -0.15) is 0 Å². The lowest BCUT2D eigenvalue weighted by Gasteiger charge is -2.14. The van der Waals surface area contributed by atoms with Crippen LogP contribution >= 0.6 is 0 Å². The highest BCUT2D eigenvalue weighted by atomic mass is 16.3. The maximum absolute atomic E-state index is 11.2. The van der Waals surface area contributed by atoms with Gasteiger partial charge in [0.05, 0.1) is 6.54 Å². The molecule has 0 heterocycles. The maximum atomic E-state index is 11.2. The third kappa shape index (κ3) is 3.33. The molecule has 0 aliphatic heterocycles. The topological polar surface area (TPSA) is 32.6 Å². The van der Waals surface area contributed by atoms with Gasteiger partial charge in [0.1, 0.15) is 5.75 Å². The van der Waals surface area contributed by atoms with E-state index in [1.165, 1.54) is 0 Å². The molecular formula is C28H21NO. The standard InChI is InChI=1S/C28H21NO/c30-28-23(19-29-18-20-9-2-1-3-10-20)13-8-16-26(28)27-24-14-6-4-11-21(24)17-22-12-5-7-15-25(22)27/h1-17,19,30H,18H2. The van der Waals surface area contributed by atoms with Gasteiger partial charge in [0.15, 0.2) is 0 Å². The molecule has 0 saturated heterocycles. The van der Waals surface area contributed by atoms with Crippen molar-refractivity contribution >= 4 is 27.8 Å². The molecule has 0 radical (unpaired) electrons. The van der Waals surface area contributed by atoms with E-state index >= 15 is 0 Å². The second-order valence-corrected chi connectivity index (χ2v) is 7.39. The number of fused-ring (bicyclic) bond motifs is 2. The Kier molecular flexibility index (Phi) is 4.74. The molecule has 5 rings (SSSR count). The van der Waals surface area contributed by atoms with E-state index in [2.05, 4.69) is 47.5 Å². The molecular weight excluding hydrogens is 366 g/mol. The second-order valence-electron chi connectivity index (χ2n) is 7.39. The third-order valence-electron chi connectivity index (χ3n) is 5.45. The molecule has 0 spiro atoms. The predicted octanol–water partition coefficient (Wildman–Crippen LogP) is 6.98. The van der Waals surface area contributed by atoms with Crippen LogP contribution in [0.5, 0.6) is 5.75 Å². The largest absolute Gasteiger partial charge is 0.507 e. The molecule has 0 aliphatic carbocycles. The number of rotatable bonds is 4. The van der Waals surface area contributed by atoms with Crippen LogP contribution in [0.4, 0.5) is 0 Å². The Hall–Kier alpha value is -3.91. The Morgan fingerprint density at radius 2 is 1.30 bits per heavy atom. The van der Waals surface area contributed by atoms with Crippen molar-refractivity contribution < 1.29 is 5.11 Å². The summed E-state index contributed by atoms with van der Waals surface area (Å²) >= 11 is 0.